The molecular formula is C19H20FNO3S. The molecule has 1 fully saturated rings. The van der Waals surface area contributed by atoms with Crippen LogP contribution < -0.4 is 5.32 Å². The lowest BCUT2D eigenvalue weighted by atomic mass is 10.1. The van der Waals surface area contributed by atoms with Crippen molar-refractivity contribution in [3.05, 3.63) is 59.9 Å². The van der Waals surface area contributed by atoms with Gasteiger partial charge >= 0.3 is 0 Å². The first-order valence-corrected chi connectivity index (χ1v) is 9.72. The summed E-state index contributed by atoms with van der Waals surface area (Å²) in [6.07, 6.45) is 3.13. The van der Waals surface area contributed by atoms with E-state index in [-0.39, 0.29) is 16.9 Å². The predicted octanol–water partition coefficient (Wildman–Crippen LogP) is 3.29. The SMILES string of the molecule is CS(=O)c1ccc(NC(=O)[C@@H]2CC[C@H](Cc3ccccc3)O2)cc1F. The van der Waals surface area contributed by atoms with Crippen molar-refractivity contribution in [2.24, 2.45) is 0 Å². The summed E-state index contributed by atoms with van der Waals surface area (Å²) in [6.45, 7) is 0. The van der Waals surface area contributed by atoms with Gasteiger partial charge in [-0.25, -0.2) is 4.39 Å². The number of hydrogen-bond acceptors (Lipinski definition) is 3. The van der Waals surface area contributed by atoms with Gasteiger partial charge in [-0.1, -0.05) is 30.3 Å². The Balaban J connectivity index is 1.57. The molecule has 1 amide bonds. The molecule has 1 N–H and O–H groups in total. The average Bonchev–Trinajstić information content (AvgIpc) is 3.04. The van der Waals surface area contributed by atoms with Crippen LogP contribution in [0.5, 0.6) is 0 Å². The zero-order chi connectivity index (χ0) is 17.8. The van der Waals surface area contributed by atoms with E-state index in [4.69, 9.17) is 4.74 Å². The van der Waals surface area contributed by atoms with Gasteiger partial charge in [-0.15, -0.1) is 0 Å². The Morgan fingerprint density at radius 1 is 1.24 bits per heavy atom. The lowest BCUT2D eigenvalue weighted by molar-refractivity contribution is -0.126. The van der Waals surface area contributed by atoms with Gasteiger partial charge in [0.25, 0.3) is 5.91 Å². The van der Waals surface area contributed by atoms with Crippen LogP contribution in [0, 0.1) is 5.82 Å². The van der Waals surface area contributed by atoms with E-state index >= 15 is 0 Å². The lowest BCUT2D eigenvalue weighted by Gasteiger charge is -2.14. The van der Waals surface area contributed by atoms with E-state index in [1.165, 1.54) is 24.0 Å². The maximum Gasteiger partial charge on any atom is 0.253 e. The third-order valence-electron chi connectivity index (χ3n) is 4.22. The third kappa shape index (κ3) is 4.52. The highest BCUT2D eigenvalue weighted by Crippen LogP contribution is 2.24. The number of hydrogen-bond donors (Lipinski definition) is 1. The second-order valence-electron chi connectivity index (χ2n) is 6.10. The quantitative estimate of drug-likeness (QED) is 0.889. The van der Waals surface area contributed by atoms with Crippen molar-refractivity contribution in [3.8, 4) is 0 Å². The Hall–Kier alpha value is -2.05. The van der Waals surface area contributed by atoms with Gasteiger partial charge < -0.3 is 10.1 Å². The second kappa shape index (κ2) is 7.89. The van der Waals surface area contributed by atoms with Crippen LogP contribution in [0.2, 0.25) is 0 Å². The van der Waals surface area contributed by atoms with Crippen LogP contribution in [0.25, 0.3) is 0 Å². The van der Waals surface area contributed by atoms with Gasteiger partial charge in [-0.3, -0.25) is 9.00 Å². The third-order valence-corrected chi connectivity index (χ3v) is 5.17. The van der Waals surface area contributed by atoms with E-state index in [0.29, 0.717) is 12.1 Å². The molecule has 3 rings (SSSR count). The number of nitrogens with one attached hydrogen (secondary N) is 1. The first-order chi connectivity index (χ1) is 12.0. The minimum Gasteiger partial charge on any atom is -0.365 e. The minimum atomic E-state index is -1.40. The Kier molecular flexibility index (Phi) is 5.60. The summed E-state index contributed by atoms with van der Waals surface area (Å²) in [6, 6.07) is 14.2. The number of benzene rings is 2. The minimum absolute atomic E-state index is 0.0137. The molecule has 132 valence electrons. The Bertz CT molecular complexity index is 781. The summed E-state index contributed by atoms with van der Waals surface area (Å²) in [5, 5.41) is 2.67. The number of carbonyl (C=O) groups is 1. The van der Waals surface area contributed by atoms with Crippen LogP contribution in [0.3, 0.4) is 0 Å². The van der Waals surface area contributed by atoms with E-state index in [0.717, 1.165) is 12.8 Å². The van der Waals surface area contributed by atoms with Crippen molar-refractivity contribution in [2.45, 2.75) is 36.4 Å². The van der Waals surface area contributed by atoms with Gasteiger partial charge in [0.2, 0.25) is 0 Å². The fourth-order valence-electron chi connectivity index (χ4n) is 2.96. The summed E-state index contributed by atoms with van der Waals surface area (Å²) in [7, 11) is -1.40. The molecule has 0 bridgehead atoms. The molecule has 1 heterocycles. The maximum atomic E-state index is 13.9. The summed E-state index contributed by atoms with van der Waals surface area (Å²) in [5.74, 6) is -0.867. The van der Waals surface area contributed by atoms with Crippen LogP contribution in [-0.4, -0.2) is 28.6 Å². The van der Waals surface area contributed by atoms with E-state index in [1.54, 1.807) is 6.07 Å². The van der Waals surface area contributed by atoms with Crippen molar-refractivity contribution in [2.75, 3.05) is 11.6 Å². The highest BCUT2D eigenvalue weighted by molar-refractivity contribution is 7.84. The van der Waals surface area contributed by atoms with E-state index in [1.807, 2.05) is 30.3 Å². The molecule has 0 spiro atoms. The molecule has 0 aromatic heterocycles. The summed E-state index contributed by atoms with van der Waals surface area (Å²) < 4.78 is 31.1. The zero-order valence-corrected chi connectivity index (χ0v) is 14.7. The zero-order valence-electron chi connectivity index (χ0n) is 13.9. The average molecular weight is 361 g/mol. The van der Waals surface area contributed by atoms with Crippen molar-refractivity contribution < 1.29 is 18.1 Å². The van der Waals surface area contributed by atoms with Gasteiger partial charge in [0.15, 0.2) is 0 Å². The second-order valence-corrected chi connectivity index (χ2v) is 7.45. The molecule has 1 unspecified atom stereocenters. The van der Waals surface area contributed by atoms with E-state index < -0.39 is 22.7 Å². The lowest BCUT2D eigenvalue weighted by Crippen LogP contribution is -2.28. The standard InChI is InChI=1S/C19H20FNO3S/c1-25(23)18-10-7-14(12-16(18)20)21-19(22)17-9-8-15(24-17)11-13-5-3-2-4-6-13/h2-7,10,12,15,17H,8-9,11H2,1H3,(H,21,22)/t15-,17+,25?/m1/s1. The van der Waals surface area contributed by atoms with E-state index in [2.05, 4.69) is 5.32 Å². The molecule has 1 aliphatic rings. The molecule has 6 heteroatoms. The summed E-state index contributed by atoms with van der Waals surface area (Å²) in [5.41, 5.74) is 1.52. The first-order valence-electron chi connectivity index (χ1n) is 8.16. The maximum absolute atomic E-state index is 13.9. The largest absolute Gasteiger partial charge is 0.365 e. The predicted molar refractivity (Wildman–Crippen MR) is 95.4 cm³/mol. The molecule has 2 aromatic rings. The molecule has 3 atom stereocenters. The van der Waals surface area contributed by atoms with Crippen LogP contribution in [0.4, 0.5) is 10.1 Å². The molecular weight excluding hydrogens is 341 g/mol. The van der Waals surface area contributed by atoms with Crippen molar-refractivity contribution in [1.82, 2.24) is 0 Å². The Morgan fingerprint density at radius 3 is 2.68 bits per heavy atom. The number of carbonyl (C=O) groups excluding carboxylic acids is 1. The number of ether oxygens (including phenoxy) is 1. The van der Waals surface area contributed by atoms with Crippen LogP contribution in [0.1, 0.15) is 18.4 Å². The molecule has 1 saturated heterocycles. The molecule has 0 radical (unpaired) electrons. The van der Waals surface area contributed by atoms with Gasteiger partial charge in [0, 0.05) is 11.9 Å². The van der Waals surface area contributed by atoms with Gasteiger partial charge in [-0.05, 0) is 43.0 Å². The van der Waals surface area contributed by atoms with Gasteiger partial charge in [0.05, 0.1) is 21.8 Å². The van der Waals surface area contributed by atoms with Crippen LogP contribution >= 0.6 is 0 Å². The molecule has 0 saturated carbocycles. The fourth-order valence-corrected chi connectivity index (χ4v) is 3.55. The smallest absolute Gasteiger partial charge is 0.253 e. The van der Waals surface area contributed by atoms with Gasteiger partial charge in [0.1, 0.15) is 11.9 Å². The van der Waals surface area contributed by atoms with Crippen LogP contribution in [0.15, 0.2) is 53.4 Å². The number of amides is 1. The first kappa shape index (κ1) is 17.8. The normalized spacial score (nSPS) is 21.0. The van der Waals surface area contributed by atoms with Crippen molar-refractivity contribution >= 4 is 22.4 Å². The number of anilines is 1. The molecule has 0 aliphatic carbocycles. The number of halogens is 1. The van der Waals surface area contributed by atoms with E-state index in [9.17, 15) is 13.4 Å². The van der Waals surface area contributed by atoms with Gasteiger partial charge in [-0.2, -0.15) is 0 Å². The molecule has 4 nitrogen and oxygen atoms in total. The number of rotatable bonds is 5. The summed E-state index contributed by atoms with van der Waals surface area (Å²) in [4.78, 5) is 12.4. The van der Waals surface area contributed by atoms with Crippen molar-refractivity contribution in [1.29, 1.82) is 0 Å². The topological polar surface area (TPSA) is 55.4 Å². The molecule has 2 aromatic carbocycles. The Morgan fingerprint density at radius 2 is 2.00 bits per heavy atom. The highest BCUT2D eigenvalue weighted by Gasteiger charge is 2.30. The Labute approximate surface area is 148 Å². The monoisotopic (exact) mass is 361 g/mol. The highest BCUT2D eigenvalue weighted by atomic mass is 32.2. The molecule has 25 heavy (non-hydrogen) atoms. The summed E-state index contributed by atoms with van der Waals surface area (Å²) >= 11 is 0. The fraction of sp³-hybridized carbons (Fsp3) is 0.316. The van der Waals surface area contributed by atoms with Crippen LogP contribution in [-0.2, 0) is 26.8 Å². The molecule has 1 aliphatic heterocycles. The van der Waals surface area contributed by atoms with Crippen molar-refractivity contribution in [3.63, 3.8) is 0 Å².